The molecule has 17 heavy (non-hydrogen) atoms. The van der Waals surface area contributed by atoms with Crippen molar-refractivity contribution in [1.82, 2.24) is 9.71 Å². The number of alkyl halides is 1. The second-order valence-electron chi connectivity index (χ2n) is 3.71. The van der Waals surface area contributed by atoms with Gasteiger partial charge in [0.25, 0.3) is 0 Å². The monoisotopic (exact) mass is 368 g/mol. The predicted molar refractivity (Wildman–Crippen MR) is 77.9 cm³/mol. The van der Waals surface area contributed by atoms with Crippen LogP contribution in [0.1, 0.15) is 18.4 Å². The lowest BCUT2D eigenvalue weighted by molar-refractivity contribution is 0.578. The first-order chi connectivity index (χ1) is 8.14. The van der Waals surface area contributed by atoms with Gasteiger partial charge in [0.15, 0.2) is 0 Å². The minimum atomic E-state index is -3.13. The van der Waals surface area contributed by atoms with Crippen molar-refractivity contribution in [3.63, 3.8) is 0 Å². The van der Waals surface area contributed by atoms with E-state index in [0.29, 0.717) is 13.0 Å². The van der Waals surface area contributed by atoms with Crippen molar-refractivity contribution in [2.75, 3.05) is 16.7 Å². The summed E-state index contributed by atoms with van der Waals surface area (Å²) in [6, 6.07) is 3.68. The van der Waals surface area contributed by atoms with Crippen molar-refractivity contribution < 1.29 is 8.42 Å². The van der Waals surface area contributed by atoms with Crippen LogP contribution in [0.15, 0.2) is 24.5 Å². The van der Waals surface area contributed by atoms with Crippen LogP contribution in [0, 0.1) is 0 Å². The van der Waals surface area contributed by atoms with Gasteiger partial charge < -0.3 is 0 Å². The maximum atomic E-state index is 11.6. The van der Waals surface area contributed by atoms with Crippen LogP contribution >= 0.6 is 22.6 Å². The van der Waals surface area contributed by atoms with E-state index in [-0.39, 0.29) is 5.75 Å². The van der Waals surface area contributed by atoms with Gasteiger partial charge in [0.2, 0.25) is 10.0 Å². The summed E-state index contributed by atoms with van der Waals surface area (Å²) in [4.78, 5) is 3.89. The van der Waals surface area contributed by atoms with E-state index in [0.717, 1.165) is 22.8 Å². The Kier molecular flexibility index (Phi) is 6.98. The van der Waals surface area contributed by atoms with E-state index >= 15 is 0 Å². The largest absolute Gasteiger partial charge is 0.265 e. The van der Waals surface area contributed by atoms with Crippen molar-refractivity contribution in [3.8, 4) is 0 Å². The number of nitrogens with one attached hydrogen (secondary N) is 1. The summed E-state index contributed by atoms with van der Waals surface area (Å²) in [5.74, 6) is 0.140. The quantitative estimate of drug-likeness (QED) is 0.432. The van der Waals surface area contributed by atoms with E-state index in [9.17, 15) is 8.42 Å². The lowest BCUT2D eigenvalue weighted by Crippen LogP contribution is -2.28. The fourth-order valence-corrected chi connectivity index (χ4v) is 2.96. The summed E-state index contributed by atoms with van der Waals surface area (Å²) >= 11 is 2.29. The van der Waals surface area contributed by atoms with Gasteiger partial charge in [-0.05, 0) is 41.4 Å². The molecule has 1 heterocycles. The standard InChI is InChI=1S/C11H17IN2O2S/c12-6-1-2-7-14-17(15,16)10-5-11-3-8-13-9-4-11/h3-4,8-9,14H,1-2,5-7,10H2. The van der Waals surface area contributed by atoms with Gasteiger partial charge in [-0.25, -0.2) is 13.1 Å². The minimum absolute atomic E-state index is 0.140. The summed E-state index contributed by atoms with van der Waals surface area (Å²) in [6.45, 7) is 0.543. The van der Waals surface area contributed by atoms with E-state index in [1.165, 1.54) is 0 Å². The number of hydrogen-bond acceptors (Lipinski definition) is 3. The third kappa shape index (κ3) is 6.95. The van der Waals surface area contributed by atoms with Gasteiger partial charge in [0.05, 0.1) is 5.75 Å². The fraction of sp³-hybridized carbons (Fsp3) is 0.545. The Morgan fingerprint density at radius 3 is 2.59 bits per heavy atom. The van der Waals surface area contributed by atoms with Crippen LogP contribution in [0.5, 0.6) is 0 Å². The summed E-state index contributed by atoms with van der Waals surface area (Å²) < 4.78 is 27.0. The molecule has 0 saturated heterocycles. The average molecular weight is 368 g/mol. The van der Waals surface area contributed by atoms with Crippen LogP contribution in [-0.4, -0.2) is 30.1 Å². The van der Waals surface area contributed by atoms with Crippen molar-refractivity contribution in [3.05, 3.63) is 30.1 Å². The summed E-state index contributed by atoms with van der Waals surface area (Å²) in [6.07, 6.45) is 5.83. The molecule has 0 fully saturated rings. The highest BCUT2D eigenvalue weighted by atomic mass is 127. The summed E-state index contributed by atoms with van der Waals surface area (Å²) in [5, 5.41) is 0. The van der Waals surface area contributed by atoms with Crippen molar-refractivity contribution in [2.24, 2.45) is 0 Å². The van der Waals surface area contributed by atoms with E-state index in [1.54, 1.807) is 12.4 Å². The molecule has 0 aliphatic rings. The molecule has 0 aliphatic carbocycles. The topological polar surface area (TPSA) is 59.1 Å². The molecule has 4 nitrogen and oxygen atoms in total. The first-order valence-corrected chi connectivity index (χ1v) is 8.74. The molecule has 0 bridgehead atoms. The summed E-state index contributed by atoms with van der Waals surface area (Å²) in [7, 11) is -3.13. The zero-order valence-electron chi connectivity index (χ0n) is 9.60. The number of nitrogens with zero attached hydrogens (tertiary/aromatic N) is 1. The third-order valence-corrected chi connectivity index (χ3v) is 4.44. The molecule has 96 valence electrons. The second-order valence-corrected chi connectivity index (χ2v) is 6.72. The minimum Gasteiger partial charge on any atom is -0.265 e. The van der Waals surface area contributed by atoms with Crippen molar-refractivity contribution >= 4 is 32.6 Å². The number of pyridine rings is 1. The first-order valence-electron chi connectivity index (χ1n) is 5.56. The third-order valence-electron chi connectivity index (χ3n) is 2.29. The number of aryl methyl sites for hydroxylation is 1. The number of unbranched alkanes of at least 4 members (excludes halogenated alkanes) is 1. The van der Waals surface area contributed by atoms with Gasteiger partial charge in [-0.2, -0.15) is 0 Å². The number of rotatable bonds is 8. The Morgan fingerprint density at radius 2 is 1.94 bits per heavy atom. The van der Waals surface area contributed by atoms with Gasteiger partial charge in [-0.3, -0.25) is 4.98 Å². The van der Waals surface area contributed by atoms with Gasteiger partial charge >= 0.3 is 0 Å². The van der Waals surface area contributed by atoms with Gasteiger partial charge in [-0.15, -0.1) is 0 Å². The zero-order valence-corrected chi connectivity index (χ0v) is 12.6. The smallest absolute Gasteiger partial charge is 0.211 e. The van der Waals surface area contributed by atoms with Crippen LogP contribution in [-0.2, 0) is 16.4 Å². The molecule has 0 aromatic carbocycles. The lowest BCUT2D eigenvalue weighted by atomic mass is 10.2. The first kappa shape index (κ1) is 14.8. The van der Waals surface area contributed by atoms with Crippen LogP contribution in [0.3, 0.4) is 0 Å². The molecule has 1 aromatic rings. The van der Waals surface area contributed by atoms with E-state index in [2.05, 4.69) is 32.3 Å². The van der Waals surface area contributed by atoms with Gasteiger partial charge in [0.1, 0.15) is 0 Å². The van der Waals surface area contributed by atoms with Crippen LogP contribution in [0.25, 0.3) is 0 Å². The van der Waals surface area contributed by atoms with E-state index < -0.39 is 10.0 Å². The van der Waals surface area contributed by atoms with Crippen LogP contribution < -0.4 is 4.72 Å². The number of hydrogen-bond donors (Lipinski definition) is 1. The average Bonchev–Trinajstić information content (AvgIpc) is 2.34. The SMILES string of the molecule is O=S(=O)(CCc1ccncc1)NCCCCI. The Labute approximate surface area is 116 Å². The molecule has 0 atom stereocenters. The number of aromatic nitrogens is 1. The highest BCUT2D eigenvalue weighted by Crippen LogP contribution is 2.00. The van der Waals surface area contributed by atoms with Gasteiger partial charge in [0, 0.05) is 18.9 Å². The molecule has 1 N–H and O–H groups in total. The molecular weight excluding hydrogens is 351 g/mol. The Morgan fingerprint density at radius 1 is 1.24 bits per heavy atom. The molecule has 1 rings (SSSR count). The van der Waals surface area contributed by atoms with Crippen LogP contribution in [0.4, 0.5) is 0 Å². The zero-order chi connectivity index (χ0) is 12.6. The molecule has 1 aromatic heterocycles. The lowest BCUT2D eigenvalue weighted by Gasteiger charge is -2.06. The summed E-state index contributed by atoms with van der Waals surface area (Å²) in [5.41, 5.74) is 0.998. The molecule has 0 radical (unpaired) electrons. The Balaban J connectivity index is 2.30. The molecule has 0 saturated carbocycles. The van der Waals surface area contributed by atoms with Crippen molar-refractivity contribution in [1.29, 1.82) is 0 Å². The predicted octanol–water partition coefficient (Wildman–Crippen LogP) is 1.76. The maximum Gasteiger partial charge on any atom is 0.211 e. The maximum absolute atomic E-state index is 11.6. The molecule has 0 amide bonds. The molecule has 0 spiro atoms. The van der Waals surface area contributed by atoms with Crippen LogP contribution in [0.2, 0.25) is 0 Å². The van der Waals surface area contributed by atoms with Crippen molar-refractivity contribution in [2.45, 2.75) is 19.3 Å². The van der Waals surface area contributed by atoms with E-state index in [1.807, 2.05) is 12.1 Å². The Bertz CT molecular complexity index is 409. The molecule has 6 heteroatoms. The fourth-order valence-electron chi connectivity index (χ4n) is 1.32. The normalized spacial score (nSPS) is 11.6. The Hall–Kier alpha value is -0.210. The molecule has 0 aliphatic heterocycles. The molecule has 0 unspecified atom stereocenters. The number of halogens is 1. The molecular formula is C11H17IN2O2S. The van der Waals surface area contributed by atoms with E-state index in [4.69, 9.17) is 0 Å². The second kappa shape index (κ2) is 7.99. The highest BCUT2D eigenvalue weighted by Gasteiger charge is 2.09. The highest BCUT2D eigenvalue weighted by molar-refractivity contribution is 14.1. The number of sulfonamides is 1. The van der Waals surface area contributed by atoms with Gasteiger partial charge in [-0.1, -0.05) is 22.6 Å².